The van der Waals surface area contributed by atoms with Crippen LogP contribution < -0.4 is 4.90 Å². The Kier molecular flexibility index (Phi) is 4.70. The Morgan fingerprint density at radius 2 is 1.67 bits per heavy atom. The summed E-state index contributed by atoms with van der Waals surface area (Å²) in [4.78, 5) is 2.18. The van der Waals surface area contributed by atoms with Crippen LogP contribution >= 0.6 is 11.3 Å². The maximum atomic E-state index is 12.5. The molecule has 130 valence electrons. The van der Waals surface area contributed by atoms with Gasteiger partial charge in [0.15, 0.2) is 0 Å². The Morgan fingerprint density at radius 3 is 2.17 bits per heavy atom. The maximum absolute atomic E-state index is 12.5. The van der Waals surface area contributed by atoms with Crippen LogP contribution in [0.3, 0.4) is 0 Å². The van der Waals surface area contributed by atoms with Crippen LogP contribution in [0.15, 0.2) is 46.0 Å². The molecular weight excluding hydrogens is 344 g/mol. The molecule has 1 aliphatic heterocycles. The molecule has 0 radical (unpaired) electrons. The van der Waals surface area contributed by atoms with Crippen molar-refractivity contribution in [3.63, 3.8) is 0 Å². The number of nitrogens with zero attached hydrogens (tertiary/aromatic N) is 2. The van der Waals surface area contributed by atoms with Crippen molar-refractivity contribution in [3.05, 3.63) is 47.3 Å². The second kappa shape index (κ2) is 6.48. The lowest BCUT2D eigenvalue weighted by atomic mass is 9.98. The Hall–Kier alpha value is -1.41. The van der Waals surface area contributed by atoms with Gasteiger partial charge in [-0.2, -0.15) is 4.31 Å². The van der Waals surface area contributed by atoms with Crippen LogP contribution in [0.5, 0.6) is 0 Å². The molecule has 0 unspecified atom stereocenters. The third-order valence-corrected chi connectivity index (χ3v) is 7.54. The van der Waals surface area contributed by atoms with Crippen LogP contribution in [0, 0.1) is 0 Å². The second-order valence-corrected chi connectivity index (χ2v) is 9.54. The van der Waals surface area contributed by atoms with Crippen molar-refractivity contribution < 1.29 is 13.5 Å². The Labute approximate surface area is 147 Å². The van der Waals surface area contributed by atoms with Crippen LogP contribution in [0.2, 0.25) is 0 Å². The van der Waals surface area contributed by atoms with Crippen LogP contribution in [-0.2, 0) is 15.6 Å². The molecule has 2 aromatic rings. The van der Waals surface area contributed by atoms with Crippen LogP contribution in [0.4, 0.5) is 5.69 Å². The van der Waals surface area contributed by atoms with Gasteiger partial charge in [0, 0.05) is 31.9 Å². The average Bonchev–Trinajstić information content (AvgIpc) is 3.10. The quantitative estimate of drug-likeness (QED) is 0.903. The predicted molar refractivity (Wildman–Crippen MR) is 97.0 cm³/mol. The third kappa shape index (κ3) is 3.49. The van der Waals surface area contributed by atoms with E-state index in [4.69, 9.17) is 0 Å². The highest BCUT2D eigenvalue weighted by Gasteiger charge is 2.29. The summed E-state index contributed by atoms with van der Waals surface area (Å²) in [7, 11) is -3.36. The number of thiophene rings is 1. The molecule has 0 saturated carbocycles. The van der Waals surface area contributed by atoms with Crippen LogP contribution in [-0.4, -0.2) is 44.0 Å². The zero-order valence-electron chi connectivity index (χ0n) is 13.8. The van der Waals surface area contributed by atoms with E-state index in [9.17, 15) is 13.5 Å². The molecule has 1 aromatic heterocycles. The number of aliphatic hydroxyl groups is 1. The van der Waals surface area contributed by atoms with Gasteiger partial charge in [0.05, 0.1) is 5.60 Å². The zero-order valence-corrected chi connectivity index (χ0v) is 15.5. The highest BCUT2D eigenvalue weighted by atomic mass is 32.2. The molecule has 3 rings (SSSR count). The third-order valence-electron chi connectivity index (χ3n) is 4.27. The highest BCUT2D eigenvalue weighted by Crippen LogP contribution is 2.26. The normalized spacial score (nSPS) is 17.2. The molecule has 1 saturated heterocycles. The van der Waals surface area contributed by atoms with Crippen molar-refractivity contribution in [1.82, 2.24) is 4.31 Å². The summed E-state index contributed by atoms with van der Waals surface area (Å²) < 4.78 is 27.0. The Bertz CT molecular complexity index is 770. The molecule has 1 aromatic carbocycles. The molecule has 0 atom stereocenters. The minimum absolute atomic E-state index is 0.408. The fourth-order valence-corrected chi connectivity index (χ4v) is 5.37. The molecule has 1 fully saturated rings. The van der Waals surface area contributed by atoms with E-state index in [0.717, 1.165) is 11.3 Å². The minimum Gasteiger partial charge on any atom is -0.386 e. The van der Waals surface area contributed by atoms with Crippen LogP contribution in [0.1, 0.15) is 19.4 Å². The monoisotopic (exact) mass is 366 g/mol. The van der Waals surface area contributed by atoms with Gasteiger partial charge in [-0.3, -0.25) is 0 Å². The molecule has 5 nitrogen and oxygen atoms in total. The highest BCUT2D eigenvalue weighted by molar-refractivity contribution is 7.91. The molecule has 24 heavy (non-hydrogen) atoms. The first kappa shape index (κ1) is 17.4. The first-order chi connectivity index (χ1) is 11.3. The van der Waals surface area contributed by atoms with Gasteiger partial charge in [0.25, 0.3) is 10.0 Å². The molecule has 2 heterocycles. The molecule has 0 amide bonds. The summed E-state index contributed by atoms with van der Waals surface area (Å²) in [6.45, 7) is 5.80. The van der Waals surface area contributed by atoms with E-state index < -0.39 is 15.6 Å². The van der Waals surface area contributed by atoms with E-state index in [-0.39, 0.29) is 0 Å². The SMILES string of the molecule is CC(C)(O)c1ccc(N2CCN(S(=O)(=O)c3cccs3)CC2)cc1. The van der Waals surface area contributed by atoms with E-state index in [1.807, 2.05) is 24.3 Å². The smallest absolute Gasteiger partial charge is 0.252 e. The lowest BCUT2D eigenvalue weighted by Crippen LogP contribution is -2.48. The van der Waals surface area contributed by atoms with Gasteiger partial charge in [-0.1, -0.05) is 18.2 Å². The predicted octanol–water partition coefficient (Wildman–Crippen LogP) is 2.49. The van der Waals surface area contributed by atoms with E-state index in [1.54, 1.807) is 35.7 Å². The number of benzene rings is 1. The summed E-state index contributed by atoms with van der Waals surface area (Å²) in [5.41, 5.74) is 1.06. The van der Waals surface area contributed by atoms with E-state index in [0.29, 0.717) is 30.4 Å². The number of anilines is 1. The summed E-state index contributed by atoms with van der Waals surface area (Å²) in [6.07, 6.45) is 0. The number of hydrogen-bond acceptors (Lipinski definition) is 5. The zero-order chi connectivity index (χ0) is 17.4. The topological polar surface area (TPSA) is 60.9 Å². The van der Waals surface area contributed by atoms with Crippen molar-refractivity contribution in [2.45, 2.75) is 23.7 Å². The van der Waals surface area contributed by atoms with E-state index in [2.05, 4.69) is 4.90 Å². The lowest BCUT2D eigenvalue weighted by molar-refractivity contribution is 0.0786. The van der Waals surface area contributed by atoms with E-state index in [1.165, 1.54) is 11.3 Å². The maximum Gasteiger partial charge on any atom is 0.252 e. The molecule has 7 heteroatoms. The van der Waals surface area contributed by atoms with Gasteiger partial charge in [0.2, 0.25) is 0 Å². The molecule has 0 bridgehead atoms. The molecular formula is C17H22N2O3S2. The summed E-state index contributed by atoms with van der Waals surface area (Å²) >= 11 is 1.26. The fourth-order valence-electron chi connectivity index (χ4n) is 2.80. The van der Waals surface area contributed by atoms with Crippen molar-refractivity contribution in [1.29, 1.82) is 0 Å². The van der Waals surface area contributed by atoms with E-state index >= 15 is 0 Å². The van der Waals surface area contributed by atoms with Gasteiger partial charge in [-0.25, -0.2) is 8.42 Å². The van der Waals surface area contributed by atoms with Gasteiger partial charge in [-0.15, -0.1) is 11.3 Å². The lowest BCUT2D eigenvalue weighted by Gasteiger charge is -2.35. The number of rotatable bonds is 4. The van der Waals surface area contributed by atoms with Gasteiger partial charge < -0.3 is 10.0 Å². The Morgan fingerprint density at radius 1 is 1.04 bits per heavy atom. The van der Waals surface area contributed by atoms with Crippen molar-refractivity contribution in [2.75, 3.05) is 31.1 Å². The van der Waals surface area contributed by atoms with Gasteiger partial charge in [0.1, 0.15) is 4.21 Å². The van der Waals surface area contributed by atoms with Crippen molar-refractivity contribution in [2.24, 2.45) is 0 Å². The summed E-state index contributed by atoms with van der Waals surface area (Å²) in [6, 6.07) is 11.2. The molecule has 1 aliphatic rings. The number of hydrogen-bond donors (Lipinski definition) is 1. The summed E-state index contributed by atoms with van der Waals surface area (Å²) in [5.74, 6) is 0. The standard InChI is InChI=1S/C17H22N2O3S2/c1-17(2,20)14-5-7-15(8-6-14)18-9-11-19(12-10-18)24(21,22)16-4-3-13-23-16/h3-8,13,20H,9-12H2,1-2H3. The van der Waals surface area contributed by atoms with Crippen molar-refractivity contribution in [3.8, 4) is 0 Å². The van der Waals surface area contributed by atoms with Crippen molar-refractivity contribution >= 4 is 27.0 Å². The first-order valence-electron chi connectivity index (χ1n) is 7.90. The van der Waals surface area contributed by atoms with Gasteiger partial charge >= 0.3 is 0 Å². The molecule has 0 spiro atoms. The largest absolute Gasteiger partial charge is 0.386 e. The fraction of sp³-hybridized carbons (Fsp3) is 0.412. The summed E-state index contributed by atoms with van der Waals surface area (Å²) in [5, 5.41) is 11.8. The average molecular weight is 367 g/mol. The minimum atomic E-state index is -3.36. The molecule has 1 N–H and O–H groups in total. The Balaban J connectivity index is 1.67. The number of sulfonamides is 1. The second-order valence-electron chi connectivity index (χ2n) is 6.43. The molecule has 0 aliphatic carbocycles. The first-order valence-corrected chi connectivity index (χ1v) is 10.2. The van der Waals surface area contributed by atoms with Crippen LogP contribution in [0.25, 0.3) is 0 Å². The van der Waals surface area contributed by atoms with Gasteiger partial charge in [-0.05, 0) is 43.0 Å². The number of piperazine rings is 1.